The number of piperidine rings is 1. The molecular formula is C19H24N6O2. The summed E-state index contributed by atoms with van der Waals surface area (Å²) in [5.74, 6) is 0.652. The maximum absolute atomic E-state index is 12.5. The summed E-state index contributed by atoms with van der Waals surface area (Å²) in [6.07, 6.45) is 4.58. The molecular weight excluding hydrogens is 344 g/mol. The van der Waals surface area contributed by atoms with Crippen molar-refractivity contribution in [1.29, 1.82) is 0 Å². The van der Waals surface area contributed by atoms with Gasteiger partial charge >= 0.3 is 0 Å². The summed E-state index contributed by atoms with van der Waals surface area (Å²) in [5.41, 5.74) is 0.866. The van der Waals surface area contributed by atoms with E-state index in [-0.39, 0.29) is 23.8 Å². The highest BCUT2D eigenvalue weighted by atomic mass is 16.2. The second kappa shape index (κ2) is 8.68. The smallest absolute Gasteiger partial charge is 0.243 e. The summed E-state index contributed by atoms with van der Waals surface area (Å²) >= 11 is 0. The number of aromatic nitrogens is 3. The van der Waals surface area contributed by atoms with E-state index in [1.807, 2.05) is 26.0 Å². The Bertz CT molecular complexity index is 790. The highest BCUT2D eigenvalue weighted by Crippen LogP contribution is 2.21. The number of likely N-dealkylation sites (tertiary alicyclic amines) is 1. The lowest BCUT2D eigenvalue weighted by Gasteiger charge is -2.34. The molecule has 142 valence electrons. The van der Waals surface area contributed by atoms with Crippen LogP contribution in [0.25, 0.3) is 0 Å². The Morgan fingerprint density at radius 1 is 1.11 bits per heavy atom. The fourth-order valence-electron chi connectivity index (χ4n) is 3.13. The quantitative estimate of drug-likeness (QED) is 0.835. The summed E-state index contributed by atoms with van der Waals surface area (Å²) in [6, 6.07) is 6.94. The van der Waals surface area contributed by atoms with Crippen molar-refractivity contribution in [2.24, 2.45) is 5.92 Å². The highest BCUT2D eigenvalue weighted by molar-refractivity contribution is 5.93. The first-order valence-electron chi connectivity index (χ1n) is 9.09. The number of nitrogens with one attached hydrogen (secondary N) is 2. The van der Waals surface area contributed by atoms with Crippen LogP contribution in [-0.4, -0.2) is 50.8 Å². The van der Waals surface area contributed by atoms with E-state index in [2.05, 4.69) is 30.5 Å². The van der Waals surface area contributed by atoms with Gasteiger partial charge in [-0.15, -0.1) is 0 Å². The van der Waals surface area contributed by atoms with Crippen LogP contribution in [-0.2, 0) is 9.59 Å². The maximum Gasteiger partial charge on any atom is 0.243 e. The lowest BCUT2D eigenvalue weighted by Crippen LogP contribution is -2.47. The summed E-state index contributed by atoms with van der Waals surface area (Å²) in [5, 5.41) is 5.61. The molecule has 1 fully saturated rings. The topological polar surface area (TPSA) is 100 Å². The molecule has 2 aromatic heterocycles. The van der Waals surface area contributed by atoms with Crippen LogP contribution in [0.15, 0.2) is 36.7 Å². The number of rotatable bonds is 5. The Balaban J connectivity index is 1.49. The molecule has 0 aromatic carbocycles. The molecule has 2 N–H and O–H groups in total. The number of carbonyl (C=O) groups is 2. The molecule has 0 aliphatic carbocycles. The van der Waals surface area contributed by atoms with Crippen LogP contribution in [0.5, 0.6) is 0 Å². The van der Waals surface area contributed by atoms with Gasteiger partial charge in [0.1, 0.15) is 5.82 Å². The average molecular weight is 368 g/mol. The molecule has 1 atom stereocenters. The van der Waals surface area contributed by atoms with Gasteiger partial charge in [-0.25, -0.2) is 15.0 Å². The van der Waals surface area contributed by atoms with Crippen molar-refractivity contribution < 1.29 is 9.59 Å². The molecule has 0 unspecified atom stereocenters. The Morgan fingerprint density at radius 2 is 1.81 bits per heavy atom. The van der Waals surface area contributed by atoms with Gasteiger partial charge in [-0.2, -0.15) is 0 Å². The third kappa shape index (κ3) is 5.07. The molecule has 3 rings (SSSR count). The van der Waals surface area contributed by atoms with E-state index in [9.17, 15) is 9.59 Å². The third-order valence-corrected chi connectivity index (χ3v) is 4.77. The number of hydrogen-bond acceptors (Lipinski definition) is 6. The lowest BCUT2D eigenvalue weighted by molar-refractivity contribution is -0.123. The number of nitrogens with zero attached hydrogens (tertiary/aromatic N) is 4. The highest BCUT2D eigenvalue weighted by Gasteiger charge is 2.30. The maximum atomic E-state index is 12.5. The predicted octanol–water partition coefficient (Wildman–Crippen LogP) is 1.86. The minimum absolute atomic E-state index is 0.0115. The van der Waals surface area contributed by atoms with Crippen molar-refractivity contribution in [1.82, 2.24) is 19.9 Å². The zero-order valence-corrected chi connectivity index (χ0v) is 15.6. The summed E-state index contributed by atoms with van der Waals surface area (Å²) in [6.45, 7) is 5.11. The first-order valence-corrected chi connectivity index (χ1v) is 9.09. The summed E-state index contributed by atoms with van der Waals surface area (Å²) in [7, 11) is 0. The van der Waals surface area contributed by atoms with Crippen LogP contribution >= 0.6 is 0 Å². The zero-order chi connectivity index (χ0) is 19.2. The molecule has 0 saturated carbocycles. The van der Waals surface area contributed by atoms with Crippen LogP contribution in [0, 0.1) is 12.8 Å². The van der Waals surface area contributed by atoms with Gasteiger partial charge in [-0.3, -0.25) is 19.8 Å². The Kier molecular flexibility index (Phi) is 6.08. The van der Waals surface area contributed by atoms with E-state index in [0.29, 0.717) is 37.7 Å². The van der Waals surface area contributed by atoms with E-state index in [1.165, 1.54) is 0 Å². The van der Waals surface area contributed by atoms with Crippen molar-refractivity contribution in [3.8, 4) is 0 Å². The van der Waals surface area contributed by atoms with Crippen LogP contribution in [0.2, 0.25) is 0 Å². The second-order valence-corrected chi connectivity index (χ2v) is 6.70. The number of anilines is 2. The van der Waals surface area contributed by atoms with Gasteiger partial charge in [-0.1, -0.05) is 6.07 Å². The van der Waals surface area contributed by atoms with Gasteiger partial charge in [0.25, 0.3) is 0 Å². The Labute approximate surface area is 158 Å². The molecule has 0 spiro atoms. The van der Waals surface area contributed by atoms with Crippen molar-refractivity contribution in [3.63, 3.8) is 0 Å². The minimum atomic E-state index is -0.309. The van der Waals surface area contributed by atoms with Gasteiger partial charge in [0, 0.05) is 24.0 Å². The molecule has 1 saturated heterocycles. The van der Waals surface area contributed by atoms with Gasteiger partial charge in [-0.05, 0) is 58.0 Å². The monoisotopic (exact) mass is 368 g/mol. The fraction of sp³-hybridized carbons (Fsp3) is 0.421. The van der Waals surface area contributed by atoms with Crippen LogP contribution in [0.4, 0.5) is 11.8 Å². The van der Waals surface area contributed by atoms with Crippen molar-refractivity contribution in [3.05, 3.63) is 42.4 Å². The molecule has 27 heavy (non-hydrogen) atoms. The van der Waals surface area contributed by atoms with E-state index in [1.54, 1.807) is 24.5 Å². The molecule has 0 bridgehead atoms. The number of carbonyl (C=O) groups excluding carboxylic acids is 2. The normalized spacial score (nSPS) is 16.5. The van der Waals surface area contributed by atoms with Crippen LogP contribution in [0.3, 0.4) is 0 Å². The van der Waals surface area contributed by atoms with Crippen molar-refractivity contribution in [2.75, 3.05) is 23.7 Å². The van der Waals surface area contributed by atoms with Gasteiger partial charge in [0.15, 0.2) is 0 Å². The molecule has 8 nitrogen and oxygen atoms in total. The second-order valence-electron chi connectivity index (χ2n) is 6.70. The van der Waals surface area contributed by atoms with Crippen molar-refractivity contribution >= 4 is 23.6 Å². The SMILES string of the molecule is Cc1cccc(NC(=O)C2CCN([C@H](C)C(=O)Nc3ncccn3)CC2)n1. The predicted molar refractivity (Wildman–Crippen MR) is 102 cm³/mol. The Morgan fingerprint density at radius 3 is 2.48 bits per heavy atom. The van der Waals surface area contributed by atoms with E-state index < -0.39 is 0 Å². The fourth-order valence-corrected chi connectivity index (χ4v) is 3.13. The molecule has 1 aliphatic heterocycles. The van der Waals surface area contributed by atoms with E-state index >= 15 is 0 Å². The van der Waals surface area contributed by atoms with E-state index in [0.717, 1.165) is 5.69 Å². The number of pyridine rings is 1. The number of amides is 2. The molecule has 2 aromatic rings. The molecule has 1 aliphatic rings. The number of aryl methyl sites for hydroxylation is 1. The summed E-state index contributed by atoms with van der Waals surface area (Å²) < 4.78 is 0. The number of hydrogen-bond donors (Lipinski definition) is 2. The van der Waals surface area contributed by atoms with Gasteiger partial charge in [0.2, 0.25) is 17.8 Å². The molecule has 3 heterocycles. The Hall–Kier alpha value is -2.87. The first-order chi connectivity index (χ1) is 13.0. The lowest BCUT2D eigenvalue weighted by atomic mass is 9.95. The zero-order valence-electron chi connectivity index (χ0n) is 15.6. The molecule has 2 amide bonds. The third-order valence-electron chi connectivity index (χ3n) is 4.77. The molecule has 8 heteroatoms. The average Bonchev–Trinajstić information content (AvgIpc) is 2.68. The van der Waals surface area contributed by atoms with Crippen molar-refractivity contribution in [2.45, 2.75) is 32.7 Å². The summed E-state index contributed by atoms with van der Waals surface area (Å²) in [4.78, 5) is 39.2. The standard InChI is InChI=1S/C19H24N6O2/c1-13-5-3-6-16(22-13)23-18(27)15-7-11-25(12-8-15)14(2)17(26)24-19-20-9-4-10-21-19/h3-6,9-10,14-15H,7-8,11-12H2,1-2H3,(H,22,23,27)(H,20,21,24,26)/t14-/m1/s1. The minimum Gasteiger partial charge on any atom is -0.310 e. The largest absolute Gasteiger partial charge is 0.310 e. The van der Waals surface area contributed by atoms with Gasteiger partial charge < -0.3 is 5.32 Å². The van der Waals surface area contributed by atoms with Crippen LogP contribution < -0.4 is 10.6 Å². The first kappa shape index (κ1) is 18.9. The van der Waals surface area contributed by atoms with Crippen LogP contribution in [0.1, 0.15) is 25.5 Å². The van der Waals surface area contributed by atoms with Gasteiger partial charge in [0.05, 0.1) is 6.04 Å². The molecule has 0 radical (unpaired) electrons. The van der Waals surface area contributed by atoms with E-state index in [4.69, 9.17) is 0 Å².